The van der Waals surface area contributed by atoms with Gasteiger partial charge < -0.3 is 5.73 Å². The summed E-state index contributed by atoms with van der Waals surface area (Å²) in [4.78, 5) is 2.29. The van der Waals surface area contributed by atoms with Crippen LogP contribution in [0.15, 0.2) is 18.2 Å². The van der Waals surface area contributed by atoms with E-state index in [-0.39, 0.29) is 5.56 Å². The summed E-state index contributed by atoms with van der Waals surface area (Å²) in [6.07, 6.45) is 4.78. The van der Waals surface area contributed by atoms with Crippen LogP contribution in [0.4, 0.5) is 8.78 Å². The molecule has 1 aromatic carbocycles. The van der Waals surface area contributed by atoms with Crippen LogP contribution in [0, 0.1) is 11.6 Å². The van der Waals surface area contributed by atoms with E-state index in [0.29, 0.717) is 12.6 Å². The Labute approximate surface area is 113 Å². The Morgan fingerprint density at radius 2 is 2.11 bits per heavy atom. The topological polar surface area (TPSA) is 29.3 Å². The molecule has 0 aromatic heterocycles. The van der Waals surface area contributed by atoms with Crippen molar-refractivity contribution in [1.29, 1.82) is 0 Å². The van der Waals surface area contributed by atoms with Crippen LogP contribution in [0.5, 0.6) is 0 Å². The van der Waals surface area contributed by atoms with Crippen molar-refractivity contribution in [1.82, 2.24) is 4.90 Å². The summed E-state index contributed by atoms with van der Waals surface area (Å²) < 4.78 is 26.9. The molecule has 1 aliphatic heterocycles. The second kappa shape index (κ2) is 6.44. The number of hydrogen-bond donors (Lipinski definition) is 1. The van der Waals surface area contributed by atoms with Gasteiger partial charge in [0.25, 0.3) is 0 Å². The largest absolute Gasteiger partial charge is 0.323 e. The Bertz CT molecular complexity index is 423. The molecule has 0 spiro atoms. The maximum atomic E-state index is 13.7. The average Bonchev–Trinajstić information content (AvgIpc) is 2.58. The van der Waals surface area contributed by atoms with Crippen LogP contribution in [0.25, 0.3) is 0 Å². The molecule has 1 saturated heterocycles. The van der Waals surface area contributed by atoms with Gasteiger partial charge in [0.1, 0.15) is 0 Å². The van der Waals surface area contributed by atoms with E-state index < -0.39 is 17.7 Å². The molecule has 2 atom stereocenters. The lowest BCUT2D eigenvalue weighted by molar-refractivity contribution is 0.200. The van der Waals surface area contributed by atoms with Gasteiger partial charge in [-0.1, -0.05) is 25.0 Å². The van der Waals surface area contributed by atoms with Crippen molar-refractivity contribution in [2.24, 2.45) is 5.73 Å². The van der Waals surface area contributed by atoms with Gasteiger partial charge in [0.05, 0.1) is 0 Å². The van der Waals surface area contributed by atoms with Crippen molar-refractivity contribution in [3.05, 3.63) is 35.4 Å². The molecule has 2 nitrogen and oxygen atoms in total. The van der Waals surface area contributed by atoms with E-state index in [1.807, 2.05) is 0 Å². The van der Waals surface area contributed by atoms with Crippen LogP contribution in [-0.2, 0) is 0 Å². The molecule has 4 heteroatoms. The van der Waals surface area contributed by atoms with E-state index in [1.54, 1.807) is 6.07 Å². The molecule has 1 aromatic rings. The summed E-state index contributed by atoms with van der Waals surface area (Å²) in [5.74, 6) is -1.63. The highest BCUT2D eigenvalue weighted by Gasteiger charge is 2.22. The van der Waals surface area contributed by atoms with Gasteiger partial charge in [0, 0.05) is 24.2 Å². The molecule has 1 fully saturated rings. The van der Waals surface area contributed by atoms with Crippen molar-refractivity contribution in [3.8, 4) is 0 Å². The molecule has 0 amide bonds. The number of nitrogens with two attached hydrogens (primary N) is 1. The molecule has 19 heavy (non-hydrogen) atoms. The van der Waals surface area contributed by atoms with Gasteiger partial charge in [0.2, 0.25) is 0 Å². The fraction of sp³-hybridized carbons (Fsp3) is 0.600. The molecule has 2 rings (SSSR count). The Balaban J connectivity index is 2.07. The van der Waals surface area contributed by atoms with Gasteiger partial charge in [-0.25, -0.2) is 8.78 Å². The van der Waals surface area contributed by atoms with E-state index in [0.717, 1.165) is 25.5 Å². The van der Waals surface area contributed by atoms with Crippen LogP contribution >= 0.6 is 0 Å². The number of rotatable bonds is 3. The van der Waals surface area contributed by atoms with Crippen molar-refractivity contribution in [2.75, 3.05) is 13.1 Å². The summed E-state index contributed by atoms with van der Waals surface area (Å²) in [5, 5.41) is 0. The molecule has 1 heterocycles. The summed E-state index contributed by atoms with van der Waals surface area (Å²) in [6.45, 7) is 3.76. The quantitative estimate of drug-likeness (QED) is 0.912. The molecule has 0 saturated carbocycles. The minimum absolute atomic E-state index is 0.274. The van der Waals surface area contributed by atoms with Gasteiger partial charge in [-0.15, -0.1) is 0 Å². The normalized spacial score (nSPS) is 23.1. The van der Waals surface area contributed by atoms with Crippen LogP contribution in [0.1, 0.15) is 44.2 Å². The maximum absolute atomic E-state index is 13.7. The van der Waals surface area contributed by atoms with Gasteiger partial charge in [-0.3, -0.25) is 4.90 Å². The number of benzene rings is 1. The van der Waals surface area contributed by atoms with E-state index >= 15 is 0 Å². The number of nitrogens with zero attached hydrogens (tertiary/aromatic N) is 1. The lowest BCUT2D eigenvalue weighted by atomic mass is 10.0. The Morgan fingerprint density at radius 3 is 2.89 bits per heavy atom. The minimum Gasteiger partial charge on any atom is -0.323 e. The predicted molar refractivity (Wildman–Crippen MR) is 72.8 cm³/mol. The van der Waals surface area contributed by atoms with Crippen molar-refractivity contribution in [3.63, 3.8) is 0 Å². The molecule has 106 valence electrons. The van der Waals surface area contributed by atoms with Crippen LogP contribution in [-0.4, -0.2) is 24.0 Å². The van der Waals surface area contributed by atoms with Crippen molar-refractivity contribution in [2.45, 2.75) is 44.7 Å². The fourth-order valence-electron chi connectivity index (χ4n) is 2.76. The van der Waals surface area contributed by atoms with Crippen molar-refractivity contribution >= 4 is 0 Å². The first-order chi connectivity index (χ1) is 9.09. The maximum Gasteiger partial charge on any atom is 0.163 e. The Kier molecular flexibility index (Phi) is 4.88. The molecule has 2 N–H and O–H groups in total. The third-order valence-corrected chi connectivity index (χ3v) is 4.00. The van der Waals surface area contributed by atoms with Gasteiger partial charge in [-0.2, -0.15) is 0 Å². The fourth-order valence-corrected chi connectivity index (χ4v) is 2.76. The van der Waals surface area contributed by atoms with Gasteiger partial charge in [0.15, 0.2) is 11.6 Å². The molecule has 0 aliphatic carbocycles. The third-order valence-electron chi connectivity index (χ3n) is 4.00. The molecular formula is C15H22F2N2. The SMILES string of the molecule is CC1CCCCCN1CC(N)c1cccc(F)c1F. The standard InChI is InChI=1S/C15H22F2N2/c1-11-6-3-2-4-9-19(11)10-14(18)12-7-5-8-13(16)15(12)17/h5,7-8,11,14H,2-4,6,9-10,18H2,1H3. The smallest absolute Gasteiger partial charge is 0.163 e. The number of hydrogen-bond acceptors (Lipinski definition) is 2. The molecule has 1 aliphatic rings. The highest BCUT2D eigenvalue weighted by atomic mass is 19.2. The van der Waals surface area contributed by atoms with E-state index in [4.69, 9.17) is 5.73 Å². The van der Waals surface area contributed by atoms with E-state index in [9.17, 15) is 8.78 Å². The molecule has 0 radical (unpaired) electrons. The summed E-state index contributed by atoms with van der Waals surface area (Å²) in [6, 6.07) is 4.20. The minimum atomic E-state index is -0.822. The molecule has 0 bridgehead atoms. The zero-order chi connectivity index (χ0) is 13.8. The van der Waals surface area contributed by atoms with E-state index in [2.05, 4.69) is 11.8 Å². The first kappa shape index (κ1) is 14.4. The number of likely N-dealkylation sites (tertiary alicyclic amines) is 1. The highest BCUT2D eigenvalue weighted by molar-refractivity contribution is 5.22. The van der Waals surface area contributed by atoms with Crippen molar-refractivity contribution < 1.29 is 8.78 Å². The predicted octanol–water partition coefficient (Wildman–Crippen LogP) is 3.23. The average molecular weight is 268 g/mol. The first-order valence-electron chi connectivity index (χ1n) is 7.03. The van der Waals surface area contributed by atoms with Crippen LogP contribution in [0.3, 0.4) is 0 Å². The first-order valence-corrected chi connectivity index (χ1v) is 7.03. The van der Waals surface area contributed by atoms with E-state index in [1.165, 1.54) is 18.9 Å². The molecular weight excluding hydrogens is 246 g/mol. The third kappa shape index (κ3) is 3.51. The zero-order valence-electron chi connectivity index (χ0n) is 11.4. The zero-order valence-corrected chi connectivity index (χ0v) is 11.4. The summed E-state index contributed by atoms with van der Waals surface area (Å²) in [7, 11) is 0. The Morgan fingerprint density at radius 1 is 1.32 bits per heavy atom. The number of halogens is 2. The van der Waals surface area contributed by atoms with Gasteiger partial charge >= 0.3 is 0 Å². The Hall–Kier alpha value is -1.00. The highest BCUT2D eigenvalue weighted by Crippen LogP contribution is 2.22. The van der Waals surface area contributed by atoms with Gasteiger partial charge in [-0.05, 0) is 32.4 Å². The summed E-state index contributed by atoms with van der Waals surface area (Å²) in [5.41, 5.74) is 6.33. The lowest BCUT2D eigenvalue weighted by Gasteiger charge is -2.29. The lowest BCUT2D eigenvalue weighted by Crippen LogP contribution is -2.38. The van der Waals surface area contributed by atoms with Crippen LogP contribution in [0.2, 0.25) is 0 Å². The second-order valence-electron chi connectivity index (χ2n) is 5.44. The second-order valence-corrected chi connectivity index (χ2v) is 5.44. The summed E-state index contributed by atoms with van der Waals surface area (Å²) >= 11 is 0. The monoisotopic (exact) mass is 268 g/mol. The van der Waals surface area contributed by atoms with Crippen LogP contribution < -0.4 is 5.73 Å². The molecule has 2 unspecified atom stereocenters.